The molecule has 0 aliphatic rings. The molecule has 0 bridgehead atoms. The predicted octanol–water partition coefficient (Wildman–Crippen LogP) is 1.36. The Morgan fingerprint density at radius 2 is 1.88 bits per heavy atom. The summed E-state index contributed by atoms with van der Waals surface area (Å²) >= 11 is 0. The minimum absolute atomic E-state index is 0.228. The van der Waals surface area contributed by atoms with Gasteiger partial charge in [0.15, 0.2) is 5.96 Å². The fraction of sp³-hybridized carbons (Fsp3) is 0.353. The molecule has 0 saturated carbocycles. The number of furan rings is 1. The molecule has 0 amide bonds. The molecule has 0 spiro atoms. The maximum atomic E-state index is 12.1. The number of benzene rings is 1. The third-order valence-corrected chi connectivity index (χ3v) is 4.79. The quantitative estimate of drug-likeness (QED) is 0.355. The van der Waals surface area contributed by atoms with Crippen LogP contribution in [0.1, 0.15) is 12.7 Å². The number of aliphatic imine (C=N–C) groups is 1. The van der Waals surface area contributed by atoms with Gasteiger partial charge in [-0.2, -0.15) is 0 Å². The fourth-order valence-electron chi connectivity index (χ4n) is 2.13. The van der Waals surface area contributed by atoms with E-state index in [1.54, 1.807) is 36.6 Å². The number of guanidine groups is 1. The van der Waals surface area contributed by atoms with Gasteiger partial charge in [-0.25, -0.2) is 13.1 Å². The molecular weight excluding hydrogens is 340 g/mol. The van der Waals surface area contributed by atoms with Gasteiger partial charge in [0.2, 0.25) is 10.0 Å². The van der Waals surface area contributed by atoms with E-state index in [4.69, 9.17) is 4.42 Å². The Hall–Kier alpha value is -2.32. The normalized spacial score (nSPS) is 12.1. The Balaban J connectivity index is 1.78. The molecule has 0 saturated heterocycles. The topological polar surface area (TPSA) is 95.7 Å². The molecule has 0 unspecified atom stereocenters. The third-order valence-electron chi connectivity index (χ3n) is 3.32. The minimum atomic E-state index is -3.49. The van der Waals surface area contributed by atoms with Crippen molar-refractivity contribution in [1.82, 2.24) is 15.4 Å². The molecule has 8 heteroatoms. The summed E-state index contributed by atoms with van der Waals surface area (Å²) in [5.74, 6) is 1.55. The largest absolute Gasteiger partial charge is 0.469 e. The lowest BCUT2D eigenvalue weighted by molar-refractivity contribution is 0.507. The van der Waals surface area contributed by atoms with Crippen molar-refractivity contribution in [2.24, 2.45) is 4.99 Å². The van der Waals surface area contributed by atoms with Gasteiger partial charge in [-0.1, -0.05) is 18.2 Å². The van der Waals surface area contributed by atoms with E-state index in [2.05, 4.69) is 20.3 Å². The highest BCUT2D eigenvalue weighted by Gasteiger charge is 2.11. The van der Waals surface area contributed by atoms with Gasteiger partial charge in [0.1, 0.15) is 5.76 Å². The number of hydrogen-bond acceptors (Lipinski definition) is 4. The minimum Gasteiger partial charge on any atom is -0.469 e. The van der Waals surface area contributed by atoms with E-state index < -0.39 is 10.0 Å². The zero-order valence-corrected chi connectivity index (χ0v) is 15.1. The number of rotatable bonds is 9. The zero-order valence-electron chi connectivity index (χ0n) is 14.2. The van der Waals surface area contributed by atoms with Crippen LogP contribution in [0.2, 0.25) is 0 Å². The van der Waals surface area contributed by atoms with Crippen molar-refractivity contribution in [2.75, 3.05) is 26.2 Å². The van der Waals surface area contributed by atoms with Crippen molar-refractivity contribution >= 4 is 16.0 Å². The summed E-state index contributed by atoms with van der Waals surface area (Å²) in [6.07, 6.45) is 2.39. The molecule has 0 radical (unpaired) electrons. The van der Waals surface area contributed by atoms with Crippen LogP contribution >= 0.6 is 0 Å². The summed E-state index contributed by atoms with van der Waals surface area (Å²) in [6.45, 7) is 3.94. The van der Waals surface area contributed by atoms with Crippen LogP contribution in [0.3, 0.4) is 0 Å². The van der Waals surface area contributed by atoms with Crippen LogP contribution in [-0.4, -0.2) is 40.6 Å². The highest BCUT2D eigenvalue weighted by molar-refractivity contribution is 7.89. The maximum absolute atomic E-state index is 12.1. The average Bonchev–Trinajstić information content (AvgIpc) is 3.13. The maximum Gasteiger partial charge on any atom is 0.240 e. The Bertz CT molecular complexity index is 743. The standard InChI is InChI=1S/C17H24N4O3S/c1-2-18-17(19-11-10-15-7-6-14-24-15)20-12-13-21-25(22,23)16-8-4-3-5-9-16/h3-9,14,21H,2,10-13H2,1H3,(H2,18,19,20). The van der Waals surface area contributed by atoms with E-state index in [1.807, 2.05) is 19.1 Å². The highest BCUT2D eigenvalue weighted by Crippen LogP contribution is 2.06. The van der Waals surface area contributed by atoms with Crippen molar-refractivity contribution in [1.29, 1.82) is 0 Å². The van der Waals surface area contributed by atoms with E-state index in [1.165, 1.54) is 0 Å². The van der Waals surface area contributed by atoms with Crippen LogP contribution in [-0.2, 0) is 16.4 Å². The monoisotopic (exact) mass is 364 g/mol. The number of nitrogens with zero attached hydrogens (tertiary/aromatic N) is 1. The second-order valence-corrected chi connectivity index (χ2v) is 6.99. The molecule has 0 aliphatic heterocycles. The SMILES string of the molecule is CCNC(=NCCNS(=O)(=O)c1ccccc1)NCCc1ccco1. The van der Waals surface area contributed by atoms with Gasteiger partial charge in [-0.3, -0.25) is 4.99 Å². The van der Waals surface area contributed by atoms with E-state index in [0.29, 0.717) is 19.0 Å². The number of hydrogen-bond donors (Lipinski definition) is 3. The summed E-state index contributed by atoms with van der Waals surface area (Å²) in [7, 11) is -3.49. The molecule has 0 atom stereocenters. The van der Waals surface area contributed by atoms with Gasteiger partial charge >= 0.3 is 0 Å². The smallest absolute Gasteiger partial charge is 0.240 e. The molecule has 2 rings (SSSR count). The lowest BCUT2D eigenvalue weighted by atomic mass is 10.3. The van der Waals surface area contributed by atoms with Gasteiger partial charge in [-0.15, -0.1) is 0 Å². The number of sulfonamides is 1. The van der Waals surface area contributed by atoms with Gasteiger partial charge in [0, 0.05) is 26.1 Å². The van der Waals surface area contributed by atoms with Gasteiger partial charge in [-0.05, 0) is 31.2 Å². The predicted molar refractivity (Wildman–Crippen MR) is 98.0 cm³/mol. The summed E-state index contributed by atoms with van der Waals surface area (Å²) in [5.41, 5.74) is 0. The number of nitrogens with one attached hydrogen (secondary N) is 3. The first kappa shape index (κ1) is 19.0. The van der Waals surface area contributed by atoms with Crippen molar-refractivity contribution < 1.29 is 12.8 Å². The van der Waals surface area contributed by atoms with Gasteiger partial charge in [0.25, 0.3) is 0 Å². The molecule has 3 N–H and O–H groups in total. The van der Waals surface area contributed by atoms with Crippen LogP contribution < -0.4 is 15.4 Å². The van der Waals surface area contributed by atoms with E-state index >= 15 is 0 Å². The van der Waals surface area contributed by atoms with Crippen molar-refractivity contribution in [3.05, 3.63) is 54.5 Å². The van der Waals surface area contributed by atoms with Crippen LogP contribution in [0.25, 0.3) is 0 Å². The molecule has 1 aromatic heterocycles. The molecule has 0 fully saturated rings. The Morgan fingerprint density at radius 1 is 1.08 bits per heavy atom. The van der Waals surface area contributed by atoms with Crippen LogP contribution in [0, 0.1) is 0 Å². The summed E-state index contributed by atoms with van der Waals surface area (Å²) in [4.78, 5) is 4.62. The molecule has 1 heterocycles. The molecule has 7 nitrogen and oxygen atoms in total. The summed E-state index contributed by atoms with van der Waals surface area (Å²) in [6, 6.07) is 12.1. The first-order chi connectivity index (χ1) is 12.1. The molecule has 136 valence electrons. The third kappa shape index (κ3) is 6.60. The first-order valence-electron chi connectivity index (χ1n) is 8.21. The Morgan fingerprint density at radius 3 is 2.56 bits per heavy atom. The van der Waals surface area contributed by atoms with Crippen molar-refractivity contribution in [3.8, 4) is 0 Å². The van der Waals surface area contributed by atoms with Crippen LogP contribution in [0.4, 0.5) is 0 Å². The van der Waals surface area contributed by atoms with Gasteiger partial charge < -0.3 is 15.1 Å². The lowest BCUT2D eigenvalue weighted by Gasteiger charge is -2.11. The van der Waals surface area contributed by atoms with E-state index in [0.717, 1.165) is 18.7 Å². The second kappa shape index (κ2) is 9.85. The Kier molecular flexibility index (Phi) is 7.49. The molecule has 2 aromatic rings. The highest BCUT2D eigenvalue weighted by atomic mass is 32.2. The summed E-state index contributed by atoms with van der Waals surface area (Å²) < 4.78 is 32.0. The van der Waals surface area contributed by atoms with Gasteiger partial charge in [0.05, 0.1) is 17.7 Å². The average molecular weight is 364 g/mol. The summed E-state index contributed by atoms with van der Waals surface area (Å²) in [5, 5.41) is 6.31. The van der Waals surface area contributed by atoms with Crippen LogP contribution in [0.5, 0.6) is 0 Å². The molecule has 25 heavy (non-hydrogen) atoms. The van der Waals surface area contributed by atoms with Crippen molar-refractivity contribution in [2.45, 2.75) is 18.2 Å². The lowest BCUT2D eigenvalue weighted by Crippen LogP contribution is -2.39. The van der Waals surface area contributed by atoms with E-state index in [9.17, 15) is 8.42 Å². The molecule has 0 aliphatic carbocycles. The molecule has 1 aromatic carbocycles. The first-order valence-corrected chi connectivity index (χ1v) is 9.69. The Labute approximate surface area is 148 Å². The molecular formula is C17H24N4O3S. The van der Waals surface area contributed by atoms with Crippen LogP contribution in [0.15, 0.2) is 63.0 Å². The zero-order chi connectivity index (χ0) is 18.0. The van der Waals surface area contributed by atoms with Crippen molar-refractivity contribution in [3.63, 3.8) is 0 Å². The second-order valence-electron chi connectivity index (χ2n) is 5.23. The fourth-order valence-corrected chi connectivity index (χ4v) is 3.17. The van der Waals surface area contributed by atoms with E-state index in [-0.39, 0.29) is 11.4 Å².